The Hall–Kier alpha value is -4.72. The van der Waals surface area contributed by atoms with E-state index >= 15 is 0 Å². The number of hydrogen-bond donors (Lipinski definition) is 1. The van der Waals surface area contributed by atoms with E-state index in [1.165, 1.54) is 0 Å². The lowest BCUT2D eigenvalue weighted by molar-refractivity contribution is -0.127. The van der Waals surface area contributed by atoms with Gasteiger partial charge in [-0.1, -0.05) is 48.5 Å². The van der Waals surface area contributed by atoms with E-state index in [1.807, 2.05) is 94.4 Å². The van der Waals surface area contributed by atoms with Crippen LogP contribution >= 0.6 is 0 Å². The average molecular weight is 491 g/mol. The van der Waals surface area contributed by atoms with Crippen molar-refractivity contribution in [3.63, 3.8) is 0 Å². The minimum Gasteiger partial charge on any atom is -0.457 e. The predicted octanol–water partition coefficient (Wildman–Crippen LogP) is 5.65. The summed E-state index contributed by atoms with van der Waals surface area (Å²) in [5.41, 5.74) is 3.18. The highest BCUT2D eigenvalue weighted by Gasteiger charge is 2.21. The normalized spacial score (nSPS) is 13.3. The van der Waals surface area contributed by atoms with Crippen LogP contribution in [0.3, 0.4) is 0 Å². The third-order valence-corrected chi connectivity index (χ3v) is 6.37. The monoisotopic (exact) mass is 490 g/mol. The number of amides is 1. The molecular formula is C29H26N6O2. The Bertz CT molecular complexity index is 1520. The van der Waals surface area contributed by atoms with Crippen molar-refractivity contribution < 1.29 is 9.53 Å². The number of nitrogens with zero attached hydrogens (tertiary/aromatic N) is 5. The van der Waals surface area contributed by atoms with Crippen LogP contribution in [0.4, 0.5) is 11.5 Å². The molecule has 1 amide bonds. The standard InChI is InChI=1S/C29H26N6O2/c36-25-12-7-17-34(25)18-19-35-20-30-26-28(32-27(33-29(26)35)21-8-3-1-4-9-21)31-22-13-15-24(16-14-22)37-23-10-5-2-6-11-23/h1-6,8-11,13-16,20H,7,12,17-19H2,(H,31,32,33). The van der Waals surface area contributed by atoms with Gasteiger partial charge in [0.2, 0.25) is 5.91 Å². The third-order valence-electron chi connectivity index (χ3n) is 6.37. The second-order valence-corrected chi connectivity index (χ2v) is 8.92. The van der Waals surface area contributed by atoms with Crippen molar-refractivity contribution in [1.29, 1.82) is 0 Å². The second kappa shape index (κ2) is 10.1. The van der Waals surface area contributed by atoms with E-state index in [-0.39, 0.29) is 5.91 Å². The topological polar surface area (TPSA) is 85.2 Å². The molecule has 0 saturated carbocycles. The number of carbonyl (C=O) groups is 1. The minimum atomic E-state index is 0.214. The number of likely N-dealkylation sites (tertiary alicyclic amines) is 1. The molecule has 0 unspecified atom stereocenters. The van der Waals surface area contributed by atoms with Gasteiger partial charge < -0.3 is 19.5 Å². The van der Waals surface area contributed by atoms with Gasteiger partial charge in [-0.15, -0.1) is 0 Å². The molecule has 0 bridgehead atoms. The molecule has 1 aliphatic rings. The number of fused-ring (bicyclic) bond motifs is 1. The zero-order chi connectivity index (χ0) is 25.0. The molecule has 8 heteroatoms. The number of aromatic nitrogens is 4. The fourth-order valence-corrected chi connectivity index (χ4v) is 4.45. The summed E-state index contributed by atoms with van der Waals surface area (Å²) >= 11 is 0. The van der Waals surface area contributed by atoms with Crippen LogP contribution in [0.1, 0.15) is 12.8 Å². The van der Waals surface area contributed by atoms with Crippen molar-refractivity contribution in [3.05, 3.63) is 91.3 Å². The van der Waals surface area contributed by atoms with Crippen molar-refractivity contribution in [2.24, 2.45) is 0 Å². The van der Waals surface area contributed by atoms with Crippen molar-refractivity contribution >= 4 is 28.6 Å². The first-order valence-electron chi connectivity index (χ1n) is 12.4. The Morgan fingerprint density at radius 3 is 2.30 bits per heavy atom. The maximum atomic E-state index is 12.1. The van der Waals surface area contributed by atoms with Crippen LogP contribution in [0.2, 0.25) is 0 Å². The molecule has 3 aromatic carbocycles. The quantitative estimate of drug-likeness (QED) is 0.302. The fraction of sp³-hybridized carbons (Fsp3) is 0.172. The molecule has 5 aromatic rings. The van der Waals surface area contributed by atoms with Crippen LogP contribution in [0.5, 0.6) is 11.5 Å². The molecular weight excluding hydrogens is 464 g/mol. The van der Waals surface area contributed by atoms with Crippen LogP contribution in [-0.2, 0) is 11.3 Å². The van der Waals surface area contributed by atoms with E-state index in [9.17, 15) is 4.79 Å². The summed E-state index contributed by atoms with van der Waals surface area (Å²) in [6.45, 7) is 2.07. The summed E-state index contributed by atoms with van der Waals surface area (Å²) in [7, 11) is 0. The Labute approximate surface area is 214 Å². The lowest BCUT2D eigenvalue weighted by Gasteiger charge is -2.16. The van der Waals surface area contributed by atoms with E-state index in [4.69, 9.17) is 14.7 Å². The van der Waals surface area contributed by atoms with E-state index < -0.39 is 0 Å². The molecule has 0 spiro atoms. The molecule has 1 fully saturated rings. The molecule has 6 rings (SSSR count). The van der Waals surface area contributed by atoms with Crippen molar-refractivity contribution in [2.75, 3.05) is 18.4 Å². The molecule has 1 saturated heterocycles. The number of carbonyl (C=O) groups excluding carboxylic acids is 1. The Balaban J connectivity index is 1.30. The van der Waals surface area contributed by atoms with Crippen LogP contribution in [0.15, 0.2) is 91.3 Å². The van der Waals surface area contributed by atoms with Crippen molar-refractivity contribution in [3.8, 4) is 22.9 Å². The van der Waals surface area contributed by atoms with Crippen LogP contribution in [0.25, 0.3) is 22.6 Å². The third kappa shape index (κ3) is 4.99. The van der Waals surface area contributed by atoms with Crippen LogP contribution in [0, 0.1) is 0 Å². The average Bonchev–Trinajstić information content (AvgIpc) is 3.55. The number of imidazole rings is 1. The Kier molecular flexibility index (Phi) is 6.21. The first kappa shape index (κ1) is 22.7. The highest BCUT2D eigenvalue weighted by Crippen LogP contribution is 2.28. The van der Waals surface area contributed by atoms with Gasteiger partial charge in [0.05, 0.1) is 6.33 Å². The first-order valence-corrected chi connectivity index (χ1v) is 12.4. The van der Waals surface area contributed by atoms with Crippen molar-refractivity contribution in [2.45, 2.75) is 19.4 Å². The van der Waals surface area contributed by atoms with E-state index in [0.717, 1.165) is 41.4 Å². The highest BCUT2D eigenvalue weighted by atomic mass is 16.5. The van der Waals surface area contributed by atoms with Gasteiger partial charge in [0.15, 0.2) is 22.8 Å². The van der Waals surface area contributed by atoms with Crippen molar-refractivity contribution in [1.82, 2.24) is 24.4 Å². The van der Waals surface area contributed by atoms with E-state index in [2.05, 4.69) is 10.3 Å². The van der Waals surface area contributed by atoms with Gasteiger partial charge in [-0.25, -0.2) is 15.0 Å². The number of anilines is 2. The molecule has 184 valence electrons. The molecule has 0 radical (unpaired) electrons. The Morgan fingerprint density at radius 1 is 0.838 bits per heavy atom. The van der Waals surface area contributed by atoms with Gasteiger partial charge in [0.1, 0.15) is 11.5 Å². The lowest BCUT2D eigenvalue weighted by Crippen LogP contribution is -2.28. The summed E-state index contributed by atoms with van der Waals surface area (Å²) in [6, 6.07) is 27.3. The van der Waals surface area contributed by atoms with Crippen LogP contribution < -0.4 is 10.1 Å². The molecule has 0 atom stereocenters. The maximum absolute atomic E-state index is 12.1. The molecule has 8 nitrogen and oxygen atoms in total. The summed E-state index contributed by atoms with van der Waals surface area (Å²) in [4.78, 5) is 28.3. The maximum Gasteiger partial charge on any atom is 0.222 e. The van der Waals surface area contributed by atoms with E-state index in [1.54, 1.807) is 6.33 Å². The zero-order valence-electron chi connectivity index (χ0n) is 20.2. The number of benzene rings is 3. The van der Waals surface area contributed by atoms with Gasteiger partial charge in [0.25, 0.3) is 0 Å². The summed E-state index contributed by atoms with van der Waals surface area (Å²) in [6.07, 6.45) is 3.33. The molecule has 0 aliphatic carbocycles. The molecule has 3 heterocycles. The van der Waals surface area contributed by atoms with Gasteiger partial charge in [0, 0.05) is 37.3 Å². The van der Waals surface area contributed by atoms with Gasteiger partial charge in [-0.3, -0.25) is 4.79 Å². The Morgan fingerprint density at radius 2 is 1.57 bits per heavy atom. The SMILES string of the molecule is O=C1CCCN1CCn1cnc2c(Nc3ccc(Oc4ccccc4)cc3)nc(-c3ccccc3)nc21. The molecule has 1 N–H and O–H groups in total. The summed E-state index contributed by atoms with van der Waals surface area (Å²) < 4.78 is 7.91. The van der Waals surface area contributed by atoms with E-state index in [0.29, 0.717) is 36.7 Å². The molecule has 1 aliphatic heterocycles. The van der Waals surface area contributed by atoms with Crippen LogP contribution in [-0.4, -0.2) is 43.4 Å². The number of rotatable bonds is 8. The smallest absolute Gasteiger partial charge is 0.222 e. The fourth-order valence-electron chi connectivity index (χ4n) is 4.45. The minimum absolute atomic E-state index is 0.214. The second-order valence-electron chi connectivity index (χ2n) is 8.92. The molecule has 2 aromatic heterocycles. The van der Waals surface area contributed by atoms with Gasteiger partial charge >= 0.3 is 0 Å². The van der Waals surface area contributed by atoms with Gasteiger partial charge in [-0.2, -0.15) is 0 Å². The van der Waals surface area contributed by atoms with Gasteiger partial charge in [-0.05, 0) is 42.8 Å². The summed E-state index contributed by atoms with van der Waals surface area (Å²) in [5.74, 6) is 2.98. The number of ether oxygens (including phenoxy) is 1. The number of nitrogens with one attached hydrogen (secondary N) is 1. The number of para-hydroxylation sites is 1. The molecule has 37 heavy (non-hydrogen) atoms. The first-order chi connectivity index (χ1) is 18.2. The number of hydrogen-bond acceptors (Lipinski definition) is 6. The predicted molar refractivity (Wildman–Crippen MR) is 143 cm³/mol. The zero-order valence-corrected chi connectivity index (χ0v) is 20.2. The largest absolute Gasteiger partial charge is 0.457 e. The lowest BCUT2D eigenvalue weighted by atomic mass is 10.2. The highest BCUT2D eigenvalue weighted by molar-refractivity contribution is 5.87. The summed E-state index contributed by atoms with van der Waals surface area (Å²) in [5, 5.41) is 3.42.